The van der Waals surface area contributed by atoms with Gasteiger partial charge >= 0.3 is 12.1 Å². The van der Waals surface area contributed by atoms with Crippen LogP contribution >= 0.6 is 0 Å². The zero-order valence-electron chi connectivity index (χ0n) is 11.3. The average molecular weight is 299 g/mol. The number of rotatable bonds is 4. The first-order valence-corrected chi connectivity index (χ1v) is 5.99. The van der Waals surface area contributed by atoms with Gasteiger partial charge in [-0.3, -0.25) is 0 Å². The molecule has 0 bridgehead atoms. The zero-order valence-corrected chi connectivity index (χ0v) is 11.3. The Morgan fingerprint density at radius 2 is 1.90 bits per heavy atom. The van der Waals surface area contributed by atoms with Crippen molar-refractivity contribution in [3.8, 4) is 11.4 Å². The molecule has 0 N–H and O–H groups in total. The third-order valence-corrected chi connectivity index (χ3v) is 2.36. The Bertz CT molecular complexity index is 629. The van der Waals surface area contributed by atoms with Crippen LogP contribution in [0, 0.1) is 0 Å². The minimum absolute atomic E-state index is 0.114. The topological polar surface area (TPSA) is 60.5 Å². The molecule has 0 aliphatic heterocycles. The molecule has 0 spiro atoms. The van der Waals surface area contributed by atoms with Gasteiger partial charge in [0, 0.05) is 5.56 Å². The lowest BCUT2D eigenvalue weighted by Gasteiger charge is -2.01. The summed E-state index contributed by atoms with van der Waals surface area (Å²) in [5.41, 5.74) is 2.04. The Hall–Kier alpha value is -2.38. The maximum absolute atomic E-state index is 12.4. The predicted octanol–water partition coefficient (Wildman–Crippen LogP) is 3.67. The molecule has 2 rings (SSSR count). The van der Waals surface area contributed by atoms with Crippen molar-refractivity contribution >= 4 is 5.71 Å². The van der Waals surface area contributed by atoms with E-state index in [-0.39, 0.29) is 12.4 Å². The van der Waals surface area contributed by atoms with Gasteiger partial charge in [0.15, 0.2) is 0 Å². The first-order chi connectivity index (χ1) is 9.86. The van der Waals surface area contributed by atoms with Crippen LogP contribution in [-0.4, -0.2) is 15.9 Å². The van der Waals surface area contributed by atoms with Gasteiger partial charge in [0.05, 0.1) is 5.71 Å². The average Bonchev–Trinajstić information content (AvgIpc) is 2.88. The van der Waals surface area contributed by atoms with Crippen molar-refractivity contribution in [3.05, 3.63) is 35.7 Å². The van der Waals surface area contributed by atoms with Crippen molar-refractivity contribution in [3.63, 3.8) is 0 Å². The highest BCUT2D eigenvalue weighted by atomic mass is 19.4. The standard InChI is InChI=1S/C13H12F3N3O2/c1-8(2)18-20-7-9-3-5-10(6-4-9)11-17-12(21-19-11)13(14,15)16/h3-6H,7H2,1-2H3. The Labute approximate surface area is 118 Å². The highest BCUT2D eigenvalue weighted by Crippen LogP contribution is 2.29. The van der Waals surface area contributed by atoms with Gasteiger partial charge in [0.1, 0.15) is 6.61 Å². The second-order valence-electron chi connectivity index (χ2n) is 4.43. The number of benzene rings is 1. The second kappa shape index (κ2) is 5.94. The van der Waals surface area contributed by atoms with E-state index in [1.54, 1.807) is 38.1 Å². The maximum Gasteiger partial charge on any atom is 0.471 e. The molecule has 0 amide bonds. The van der Waals surface area contributed by atoms with Gasteiger partial charge < -0.3 is 9.36 Å². The molecule has 0 aliphatic rings. The van der Waals surface area contributed by atoms with Crippen molar-refractivity contribution in [2.75, 3.05) is 0 Å². The largest absolute Gasteiger partial charge is 0.471 e. The molecule has 2 aromatic rings. The molecule has 0 radical (unpaired) electrons. The molecule has 0 aliphatic carbocycles. The SMILES string of the molecule is CC(C)=NOCc1ccc(-c2noc(C(F)(F)F)n2)cc1. The van der Waals surface area contributed by atoms with E-state index in [1.807, 2.05) is 0 Å². The van der Waals surface area contributed by atoms with Crippen molar-refractivity contribution in [2.45, 2.75) is 26.6 Å². The molecule has 0 saturated carbocycles. The molecule has 21 heavy (non-hydrogen) atoms. The predicted molar refractivity (Wildman–Crippen MR) is 68.3 cm³/mol. The fourth-order valence-corrected chi connectivity index (χ4v) is 1.44. The monoisotopic (exact) mass is 299 g/mol. The van der Waals surface area contributed by atoms with E-state index < -0.39 is 12.1 Å². The van der Waals surface area contributed by atoms with Gasteiger partial charge in [-0.05, 0) is 19.4 Å². The highest BCUT2D eigenvalue weighted by Gasteiger charge is 2.38. The van der Waals surface area contributed by atoms with Gasteiger partial charge in [-0.2, -0.15) is 18.2 Å². The van der Waals surface area contributed by atoms with Crippen LogP contribution in [0.3, 0.4) is 0 Å². The summed E-state index contributed by atoms with van der Waals surface area (Å²) in [6.07, 6.45) is -4.64. The third kappa shape index (κ3) is 4.04. The second-order valence-corrected chi connectivity index (χ2v) is 4.43. The molecule has 1 heterocycles. The van der Waals surface area contributed by atoms with Crippen LogP contribution < -0.4 is 0 Å². The molecule has 5 nitrogen and oxygen atoms in total. The van der Waals surface area contributed by atoms with Crippen molar-refractivity contribution in [1.29, 1.82) is 0 Å². The summed E-state index contributed by atoms with van der Waals surface area (Å²) in [5, 5.41) is 7.09. The Kier molecular flexibility index (Phi) is 4.25. The van der Waals surface area contributed by atoms with Crippen LogP contribution in [0.25, 0.3) is 11.4 Å². The van der Waals surface area contributed by atoms with Crippen LogP contribution in [0.15, 0.2) is 33.9 Å². The number of halogens is 3. The van der Waals surface area contributed by atoms with E-state index in [4.69, 9.17) is 4.84 Å². The van der Waals surface area contributed by atoms with E-state index in [1.165, 1.54) is 0 Å². The molecule has 1 aromatic heterocycles. The third-order valence-electron chi connectivity index (χ3n) is 2.36. The first kappa shape index (κ1) is 15.0. The normalized spacial score (nSPS) is 11.3. The Balaban J connectivity index is 2.08. The van der Waals surface area contributed by atoms with Crippen LogP contribution in [0.4, 0.5) is 13.2 Å². The Morgan fingerprint density at radius 3 is 2.43 bits per heavy atom. The van der Waals surface area contributed by atoms with Gasteiger partial charge in [-0.1, -0.05) is 34.6 Å². The minimum atomic E-state index is -4.64. The number of alkyl halides is 3. The molecule has 112 valence electrons. The summed E-state index contributed by atoms with van der Waals surface area (Å²) in [4.78, 5) is 8.38. The van der Waals surface area contributed by atoms with Gasteiger partial charge in [-0.15, -0.1) is 0 Å². The lowest BCUT2D eigenvalue weighted by Crippen LogP contribution is -2.04. The van der Waals surface area contributed by atoms with E-state index >= 15 is 0 Å². The van der Waals surface area contributed by atoms with E-state index in [0.29, 0.717) is 5.56 Å². The fourth-order valence-electron chi connectivity index (χ4n) is 1.44. The molecular weight excluding hydrogens is 287 g/mol. The van der Waals surface area contributed by atoms with E-state index in [9.17, 15) is 13.2 Å². The molecule has 0 saturated heterocycles. The molecule has 0 fully saturated rings. The number of hydrogen-bond acceptors (Lipinski definition) is 5. The summed E-state index contributed by atoms with van der Waals surface area (Å²) in [6.45, 7) is 3.88. The van der Waals surface area contributed by atoms with Crippen LogP contribution in [0.5, 0.6) is 0 Å². The molecule has 1 aromatic carbocycles. The summed E-state index contributed by atoms with van der Waals surface area (Å²) in [6, 6.07) is 6.57. The maximum atomic E-state index is 12.4. The Morgan fingerprint density at radius 1 is 1.24 bits per heavy atom. The van der Waals surface area contributed by atoms with Crippen molar-refractivity contribution < 1.29 is 22.5 Å². The summed E-state index contributed by atoms with van der Waals surface area (Å²) >= 11 is 0. The van der Waals surface area contributed by atoms with Crippen LogP contribution in [-0.2, 0) is 17.6 Å². The molecule has 8 heteroatoms. The molecular formula is C13H12F3N3O2. The van der Waals surface area contributed by atoms with Crippen LogP contribution in [0.2, 0.25) is 0 Å². The van der Waals surface area contributed by atoms with Crippen molar-refractivity contribution in [1.82, 2.24) is 10.1 Å². The molecule has 0 atom stereocenters. The van der Waals surface area contributed by atoms with E-state index in [0.717, 1.165) is 11.3 Å². The van der Waals surface area contributed by atoms with Crippen LogP contribution in [0.1, 0.15) is 25.3 Å². The van der Waals surface area contributed by atoms with Gasteiger partial charge in [0.25, 0.3) is 0 Å². The number of hydrogen-bond donors (Lipinski definition) is 0. The summed E-state index contributed by atoms with van der Waals surface area (Å²) in [5.74, 6) is -1.48. The number of oxime groups is 1. The van der Waals surface area contributed by atoms with Gasteiger partial charge in [-0.25, -0.2) is 0 Å². The quantitative estimate of drug-likeness (QED) is 0.638. The summed E-state index contributed by atoms with van der Waals surface area (Å²) in [7, 11) is 0. The highest BCUT2D eigenvalue weighted by molar-refractivity contribution is 5.78. The number of aromatic nitrogens is 2. The first-order valence-electron chi connectivity index (χ1n) is 5.99. The smallest absolute Gasteiger partial charge is 0.391 e. The molecule has 0 unspecified atom stereocenters. The summed E-state index contributed by atoms with van der Waals surface area (Å²) < 4.78 is 41.3. The van der Waals surface area contributed by atoms with Crippen molar-refractivity contribution in [2.24, 2.45) is 5.16 Å². The lowest BCUT2D eigenvalue weighted by molar-refractivity contribution is -0.159. The fraction of sp³-hybridized carbons (Fsp3) is 0.308. The number of nitrogens with zero attached hydrogens (tertiary/aromatic N) is 3. The minimum Gasteiger partial charge on any atom is -0.391 e. The zero-order chi connectivity index (χ0) is 15.5. The van der Waals surface area contributed by atoms with E-state index in [2.05, 4.69) is 19.8 Å². The van der Waals surface area contributed by atoms with Gasteiger partial charge in [0.2, 0.25) is 5.82 Å². The lowest BCUT2D eigenvalue weighted by atomic mass is 10.1.